The first-order chi connectivity index (χ1) is 17.3. The maximum absolute atomic E-state index is 8.81. The first-order valence-corrected chi connectivity index (χ1v) is 13.5. The summed E-state index contributed by atoms with van der Waals surface area (Å²) in [5.41, 5.74) is 13.8. The molecule has 0 amide bonds. The molecule has 0 rings (SSSR count). The monoisotopic (exact) mass is 978 g/mol. The third-order valence-electron chi connectivity index (χ3n) is 4.04. The number of nitrogens with two attached hydrogens (primary N) is 5. The molecular weight excluding hydrogens is 910 g/mol. The van der Waals surface area contributed by atoms with Crippen LogP contribution in [0.4, 0.5) is 0 Å². The second-order valence-corrected chi connectivity index (χ2v) is 7.80. The van der Waals surface area contributed by atoms with Crippen molar-refractivity contribution in [3.8, 4) is 0 Å². The number of unbranched alkanes of at least 4 members (excludes halogenated alkanes) is 11. The Bertz CT molecular complexity index is 358. The zero-order chi connectivity index (χ0) is 29.1. The number of rotatable bonds is 17. The molecule has 0 atom stereocenters. The fourth-order valence-electron chi connectivity index (χ4n) is 2.29. The number of hydrogen-bond acceptors (Lipinski definition) is 6. The van der Waals surface area contributed by atoms with Crippen molar-refractivity contribution in [2.45, 2.75) is 117 Å². The Morgan fingerprint density at radius 3 is 1.26 bits per heavy atom. The SMILES string of the molecule is CCCCCCC[NH-].CCCCOO.C[N+](=O)[O-].C[NH2+]CCCCCCCCC[NH-].O=C=O.[CH2-]CC.[NH2-].[NH2-].[NH2-].[NH2-].[Pt+4].[Pt]. The minimum absolute atomic E-state index is 0. The molecule has 0 aliphatic rings. The van der Waals surface area contributed by atoms with Crippen molar-refractivity contribution in [3.63, 3.8) is 0 Å². The number of nitrogens with zero attached hydrogens (tertiary/aromatic N) is 1. The van der Waals surface area contributed by atoms with Crippen LogP contribution in [0.5, 0.6) is 0 Å². The van der Waals surface area contributed by atoms with Crippen LogP contribution in [0.1, 0.15) is 117 Å². The van der Waals surface area contributed by atoms with Crippen molar-refractivity contribution >= 4 is 6.15 Å². The van der Waals surface area contributed by atoms with Gasteiger partial charge in [0.2, 0.25) is 0 Å². The van der Waals surface area contributed by atoms with Gasteiger partial charge in [-0.25, -0.2) is 4.89 Å². The minimum atomic E-state index is -0.500. The van der Waals surface area contributed by atoms with Gasteiger partial charge in [-0.05, 0) is 19.3 Å². The summed E-state index contributed by atoms with van der Waals surface area (Å²) < 4.78 is 0. The number of carbonyl (C=O) groups excluding carboxylic acids is 2. The fraction of sp³-hybridized carbons (Fsp3) is 0.923. The van der Waals surface area contributed by atoms with Crippen LogP contribution in [-0.4, -0.2) is 56.7 Å². The van der Waals surface area contributed by atoms with Crippen molar-refractivity contribution in [3.05, 3.63) is 53.1 Å². The third-order valence-corrected chi connectivity index (χ3v) is 4.04. The summed E-state index contributed by atoms with van der Waals surface area (Å²) in [6.07, 6.45) is 18.8. The molecule has 13 N–H and O–H groups in total. The Morgan fingerprint density at radius 2 is 1.05 bits per heavy atom. The van der Waals surface area contributed by atoms with Gasteiger partial charge in [0.25, 0.3) is 0 Å². The van der Waals surface area contributed by atoms with Crippen LogP contribution >= 0.6 is 0 Å². The molecule has 42 heavy (non-hydrogen) atoms. The summed E-state index contributed by atoms with van der Waals surface area (Å²) in [7, 11) is 3.02. The van der Waals surface area contributed by atoms with E-state index in [1.807, 2.05) is 13.8 Å². The number of nitrogens with one attached hydrogen (secondary N) is 2. The second kappa shape index (κ2) is 105. The molecule has 0 aromatic carbocycles. The predicted octanol–water partition coefficient (Wildman–Crippen LogP) is 9.65. The van der Waals surface area contributed by atoms with Crippen LogP contribution < -0.4 is 5.32 Å². The average Bonchev–Trinajstić information content (AvgIpc) is 2.84. The molecule has 0 heterocycles. The molecule has 0 saturated heterocycles. The van der Waals surface area contributed by atoms with Gasteiger partial charge in [0.15, 0.2) is 7.05 Å². The fourth-order valence-corrected chi connectivity index (χ4v) is 2.29. The molecule has 270 valence electrons. The van der Waals surface area contributed by atoms with E-state index in [-0.39, 0.29) is 72.9 Å². The van der Waals surface area contributed by atoms with Crippen LogP contribution in [0.2, 0.25) is 0 Å². The average molecular weight is 979 g/mol. The molecule has 0 aliphatic carbocycles. The van der Waals surface area contributed by atoms with Crippen molar-refractivity contribution < 1.29 is 72.1 Å². The van der Waals surface area contributed by atoms with Crippen LogP contribution in [0.25, 0.3) is 36.1 Å². The third kappa shape index (κ3) is 212. The van der Waals surface area contributed by atoms with Gasteiger partial charge in [0.1, 0.15) is 0 Å². The van der Waals surface area contributed by atoms with E-state index in [1.54, 1.807) is 0 Å². The number of quaternary nitrogens is 1. The van der Waals surface area contributed by atoms with Crippen molar-refractivity contribution in [1.29, 1.82) is 0 Å². The quantitative estimate of drug-likeness (QED) is 0.0469. The van der Waals surface area contributed by atoms with E-state index >= 15 is 0 Å². The predicted molar refractivity (Wildman–Crippen MR) is 170 cm³/mol. The van der Waals surface area contributed by atoms with Gasteiger partial charge in [-0.2, -0.15) is 29.1 Å². The molecular formula is C26H68N8O6Pt2-2. The molecule has 0 aromatic rings. The van der Waals surface area contributed by atoms with Gasteiger partial charge in [0.05, 0.1) is 20.2 Å². The summed E-state index contributed by atoms with van der Waals surface area (Å²) in [4.78, 5) is 28.3. The molecule has 0 aromatic heterocycles. The molecule has 0 unspecified atom stereocenters. The van der Waals surface area contributed by atoms with Crippen LogP contribution in [0.3, 0.4) is 0 Å². The standard InChI is InChI=1S/C10H23N2.C7H16N.C4H10O2.C3H7.CH3NO2.CO2.4H2N.2Pt/c1-12-10-8-6-4-2-3-5-7-9-11;1-2-3-4-5-6-7-8;1-2-3-4-6-5;1-3-2;1-2(3)4;2-1-3;;;;;;/h11-12H,2-10H2,1H3;8H,2-7H2,1H3;5H,2-4H2,1H3;1,3H2,2H3;1H3;;4*1H2;;/q2*-1;;-1;;;4*-1;;+4/p+1. The van der Waals surface area contributed by atoms with E-state index < -0.39 is 4.92 Å². The first kappa shape index (κ1) is 78.4. The van der Waals surface area contributed by atoms with Crippen LogP contribution in [0.15, 0.2) is 0 Å². The smallest absolute Gasteiger partial charge is 0.693 e. The van der Waals surface area contributed by atoms with E-state index in [1.165, 1.54) is 70.8 Å². The van der Waals surface area contributed by atoms with Crippen LogP contribution in [0, 0.1) is 17.0 Å². The first-order valence-electron chi connectivity index (χ1n) is 13.5. The number of hydrogen-bond donors (Lipinski definition) is 2. The molecule has 0 bridgehead atoms. The Kier molecular flexibility index (Phi) is 196. The summed E-state index contributed by atoms with van der Waals surface area (Å²) >= 11 is 0. The van der Waals surface area contributed by atoms with E-state index in [4.69, 9.17) is 36.4 Å². The second-order valence-electron chi connectivity index (χ2n) is 7.80. The maximum Gasteiger partial charge on any atom is 4.00 e. The van der Waals surface area contributed by atoms with Gasteiger partial charge >= 0.3 is 27.2 Å². The summed E-state index contributed by atoms with van der Waals surface area (Å²) in [6.45, 7) is 12.7. The summed E-state index contributed by atoms with van der Waals surface area (Å²) in [5, 5.41) is 18.8. The summed E-state index contributed by atoms with van der Waals surface area (Å²) in [5.74, 6) is 0. The van der Waals surface area contributed by atoms with Crippen molar-refractivity contribution in [1.82, 2.24) is 0 Å². The molecule has 0 aliphatic heterocycles. The zero-order valence-electron chi connectivity index (χ0n) is 27.1. The Morgan fingerprint density at radius 1 is 0.786 bits per heavy atom. The molecule has 0 fully saturated rings. The van der Waals surface area contributed by atoms with Gasteiger partial charge < -0.3 is 48.3 Å². The molecule has 0 radical (unpaired) electrons. The summed E-state index contributed by atoms with van der Waals surface area (Å²) in [6, 6.07) is 0. The van der Waals surface area contributed by atoms with E-state index in [0.717, 1.165) is 39.2 Å². The molecule has 16 heteroatoms. The van der Waals surface area contributed by atoms with Crippen molar-refractivity contribution in [2.24, 2.45) is 0 Å². The topological polar surface area (TPSA) is 305 Å². The van der Waals surface area contributed by atoms with Gasteiger partial charge in [-0.15, -0.1) is 0 Å². The van der Waals surface area contributed by atoms with Crippen LogP contribution in [-0.2, 0) is 56.6 Å². The zero-order valence-corrected chi connectivity index (χ0v) is 31.6. The Hall–Kier alpha value is -0.203. The number of nitro groups is 1. The largest absolute Gasteiger partial charge is 4.00 e. The maximum atomic E-state index is 8.81. The van der Waals surface area contributed by atoms with E-state index in [0.29, 0.717) is 19.7 Å². The normalized spacial score (nSPS) is 7.36. The minimum Gasteiger partial charge on any atom is -0.693 e. The van der Waals surface area contributed by atoms with Gasteiger partial charge in [-0.3, -0.25) is 15.4 Å². The van der Waals surface area contributed by atoms with Gasteiger partial charge in [0, 0.05) is 26.0 Å². The van der Waals surface area contributed by atoms with E-state index in [9.17, 15) is 0 Å². The molecule has 0 spiro atoms. The van der Waals surface area contributed by atoms with Gasteiger partial charge in [-0.1, -0.05) is 91.4 Å². The Balaban J connectivity index is -0.0000000268. The van der Waals surface area contributed by atoms with E-state index in [2.05, 4.69) is 31.1 Å². The Labute approximate surface area is 287 Å². The molecule has 14 nitrogen and oxygen atoms in total. The van der Waals surface area contributed by atoms with Crippen molar-refractivity contribution in [2.75, 3.05) is 40.3 Å². The molecule has 0 saturated carbocycles.